The Morgan fingerprint density at radius 3 is 2.33 bits per heavy atom. The smallest absolute Gasteiger partial charge is 0.407 e. The van der Waals surface area contributed by atoms with Crippen molar-refractivity contribution in [1.29, 1.82) is 0 Å². The highest BCUT2D eigenvalue weighted by atomic mass is 16.6. The number of nitrogens with one attached hydrogen (secondary N) is 2. The van der Waals surface area contributed by atoms with Gasteiger partial charge in [0.1, 0.15) is 12.7 Å². The topological polar surface area (TPSA) is 76.7 Å². The molecule has 1 amide bonds. The van der Waals surface area contributed by atoms with E-state index in [2.05, 4.69) is 17.2 Å². The third-order valence-corrected chi connectivity index (χ3v) is 2.73. The predicted octanol–water partition coefficient (Wildman–Crippen LogP) is 2.00. The molecule has 6 heteroatoms. The second-order valence-electron chi connectivity index (χ2n) is 5.04. The van der Waals surface area contributed by atoms with E-state index in [1.807, 2.05) is 7.05 Å². The van der Waals surface area contributed by atoms with Gasteiger partial charge >= 0.3 is 12.1 Å². The molecule has 0 aliphatic carbocycles. The van der Waals surface area contributed by atoms with Gasteiger partial charge in [0.25, 0.3) is 0 Å². The van der Waals surface area contributed by atoms with Gasteiger partial charge in [-0.3, -0.25) is 0 Å². The molecule has 0 saturated heterocycles. The molecule has 1 unspecified atom stereocenters. The summed E-state index contributed by atoms with van der Waals surface area (Å²) in [5.41, 5.74) is 0.324. The fourth-order valence-electron chi connectivity index (χ4n) is 1.55. The lowest BCUT2D eigenvalue weighted by atomic mass is 10.2. The minimum atomic E-state index is -0.482. The molecule has 0 aromatic carbocycles. The average molecular weight is 300 g/mol. The van der Waals surface area contributed by atoms with Crippen molar-refractivity contribution in [3.8, 4) is 0 Å². The van der Waals surface area contributed by atoms with Crippen LogP contribution < -0.4 is 10.6 Å². The largest absolute Gasteiger partial charge is 0.458 e. The van der Waals surface area contributed by atoms with Crippen molar-refractivity contribution in [3.63, 3.8) is 0 Å². The summed E-state index contributed by atoms with van der Waals surface area (Å²) in [5, 5.41) is 5.77. The molecule has 1 atom stereocenters. The summed E-state index contributed by atoms with van der Waals surface area (Å²) in [4.78, 5) is 22.6. The van der Waals surface area contributed by atoms with Crippen molar-refractivity contribution in [2.24, 2.45) is 0 Å². The number of rotatable bonds is 11. The van der Waals surface area contributed by atoms with Crippen molar-refractivity contribution < 1.29 is 19.1 Å². The molecule has 2 N–H and O–H groups in total. The molecule has 0 radical (unpaired) electrons. The highest BCUT2D eigenvalue weighted by Gasteiger charge is 2.11. The molecular weight excluding hydrogens is 272 g/mol. The Morgan fingerprint density at radius 2 is 1.76 bits per heavy atom. The van der Waals surface area contributed by atoms with Gasteiger partial charge in [0.2, 0.25) is 0 Å². The lowest BCUT2D eigenvalue weighted by molar-refractivity contribution is -0.141. The van der Waals surface area contributed by atoms with E-state index < -0.39 is 18.2 Å². The van der Waals surface area contributed by atoms with Crippen LogP contribution in [0.4, 0.5) is 4.79 Å². The summed E-state index contributed by atoms with van der Waals surface area (Å²) < 4.78 is 9.96. The molecule has 6 nitrogen and oxygen atoms in total. The first-order chi connectivity index (χ1) is 9.97. The van der Waals surface area contributed by atoms with Gasteiger partial charge in [-0.15, -0.1) is 0 Å². The number of carbonyl (C=O) groups is 2. The Balaban J connectivity index is 3.56. The zero-order chi connectivity index (χ0) is 16.1. The normalized spacial score (nSPS) is 11.6. The SMILES string of the molecule is C=C(C)C(=O)OCC(C)OC(=O)NCCCCCCNC. The van der Waals surface area contributed by atoms with Crippen LogP contribution in [-0.2, 0) is 14.3 Å². The quantitative estimate of drug-likeness (QED) is 0.347. The molecular formula is C15H28N2O4. The molecule has 0 fully saturated rings. The van der Waals surface area contributed by atoms with Gasteiger partial charge in [-0.1, -0.05) is 19.4 Å². The molecule has 0 heterocycles. The first-order valence-electron chi connectivity index (χ1n) is 7.39. The molecule has 0 aromatic heterocycles. The minimum Gasteiger partial charge on any atom is -0.458 e. The fraction of sp³-hybridized carbons (Fsp3) is 0.733. The Morgan fingerprint density at radius 1 is 1.14 bits per heavy atom. The number of amides is 1. The Labute approximate surface area is 127 Å². The molecule has 0 saturated carbocycles. The van der Waals surface area contributed by atoms with Gasteiger partial charge in [-0.25, -0.2) is 9.59 Å². The number of unbranched alkanes of at least 4 members (excludes halogenated alkanes) is 3. The summed E-state index contributed by atoms with van der Waals surface area (Å²) in [5.74, 6) is -0.479. The lowest BCUT2D eigenvalue weighted by Crippen LogP contribution is -2.31. The van der Waals surface area contributed by atoms with Gasteiger partial charge < -0.3 is 20.1 Å². The molecule has 122 valence electrons. The second kappa shape index (κ2) is 12.2. The van der Waals surface area contributed by atoms with Gasteiger partial charge in [0.15, 0.2) is 0 Å². The molecule has 0 aliphatic heterocycles. The molecule has 0 spiro atoms. The number of carbonyl (C=O) groups excluding carboxylic acids is 2. The van der Waals surface area contributed by atoms with Gasteiger partial charge in [0, 0.05) is 12.1 Å². The maximum atomic E-state index is 11.5. The number of hydrogen-bond donors (Lipinski definition) is 2. The predicted molar refractivity (Wildman–Crippen MR) is 82.1 cm³/mol. The van der Waals surface area contributed by atoms with E-state index in [-0.39, 0.29) is 6.61 Å². The molecule has 0 rings (SSSR count). The molecule has 0 aromatic rings. The second-order valence-corrected chi connectivity index (χ2v) is 5.04. The summed E-state index contributed by atoms with van der Waals surface area (Å²) in [6.07, 6.45) is 3.33. The highest BCUT2D eigenvalue weighted by molar-refractivity contribution is 5.86. The van der Waals surface area contributed by atoms with E-state index in [0.717, 1.165) is 32.2 Å². The fourth-order valence-corrected chi connectivity index (χ4v) is 1.55. The number of ether oxygens (including phenoxy) is 2. The number of esters is 1. The monoisotopic (exact) mass is 300 g/mol. The van der Waals surface area contributed by atoms with Crippen LogP contribution in [0.25, 0.3) is 0 Å². The average Bonchev–Trinajstić information content (AvgIpc) is 2.43. The van der Waals surface area contributed by atoms with Crippen LogP contribution in [0, 0.1) is 0 Å². The summed E-state index contributed by atoms with van der Waals surface area (Å²) in [6, 6.07) is 0. The summed E-state index contributed by atoms with van der Waals surface area (Å²) in [7, 11) is 1.94. The van der Waals surface area contributed by atoms with Crippen LogP contribution in [0.15, 0.2) is 12.2 Å². The standard InChI is InChI=1S/C15H28N2O4/c1-12(2)14(18)20-11-13(3)21-15(19)17-10-8-6-5-7-9-16-4/h13,16H,1,5-11H2,2-4H3,(H,17,19). The van der Waals surface area contributed by atoms with Crippen LogP contribution in [-0.4, -0.2) is 44.9 Å². The van der Waals surface area contributed by atoms with Crippen LogP contribution in [0.2, 0.25) is 0 Å². The van der Waals surface area contributed by atoms with Crippen LogP contribution in [0.5, 0.6) is 0 Å². The zero-order valence-corrected chi connectivity index (χ0v) is 13.4. The first kappa shape index (κ1) is 19.4. The van der Waals surface area contributed by atoms with Gasteiger partial charge in [0.05, 0.1) is 0 Å². The van der Waals surface area contributed by atoms with Crippen molar-refractivity contribution in [1.82, 2.24) is 10.6 Å². The van der Waals surface area contributed by atoms with E-state index >= 15 is 0 Å². The van der Waals surface area contributed by atoms with Crippen LogP contribution in [0.3, 0.4) is 0 Å². The summed E-state index contributed by atoms with van der Waals surface area (Å²) in [6.45, 7) is 8.36. The third-order valence-electron chi connectivity index (χ3n) is 2.73. The number of alkyl carbamates (subject to hydrolysis) is 1. The lowest BCUT2D eigenvalue weighted by Gasteiger charge is -2.14. The first-order valence-corrected chi connectivity index (χ1v) is 7.39. The van der Waals surface area contributed by atoms with Crippen molar-refractivity contribution in [2.45, 2.75) is 45.6 Å². The molecule has 0 bridgehead atoms. The zero-order valence-electron chi connectivity index (χ0n) is 13.4. The van der Waals surface area contributed by atoms with E-state index in [9.17, 15) is 9.59 Å². The molecule has 21 heavy (non-hydrogen) atoms. The maximum absolute atomic E-state index is 11.5. The molecule has 0 aliphatic rings. The van der Waals surface area contributed by atoms with Crippen molar-refractivity contribution in [3.05, 3.63) is 12.2 Å². The van der Waals surface area contributed by atoms with E-state index in [0.29, 0.717) is 12.1 Å². The Bertz CT molecular complexity index is 332. The van der Waals surface area contributed by atoms with E-state index in [1.165, 1.54) is 0 Å². The highest BCUT2D eigenvalue weighted by Crippen LogP contribution is 1.99. The Kier molecular flexibility index (Phi) is 11.3. The summed E-state index contributed by atoms with van der Waals surface area (Å²) >= 11 is 0. The minimum absolute atomic E-state index is 0.0309. The van der Waals surface area contributed by atoms with Crippen LogP contribution in [0.1, 0.15) is 39.5 Å². The number of hydrogen-bond acceptors (Lipinski definition) is 5. The van der Waals surface area contributed by atoms with Gasteiger partial charge in [-0.05, 0) is 40.3 Å². The maximum Gasteiger partial charge on any atom is 0.407 e. The Hall–Kier alpha value is -1.56. The third kappa shape index (κ3) is 11.9. The van der Waals surface area contributed by atoms with E-state index in [1.54, 1.807) is 13.8 Å². The van der Waals surface area contributed by atoms with Gasteiger partial charge in [-0.2, -0.15) is 0 Å². The van der Waals surface area contributed by atoms with E-state index in [4.69, 9.17) is 9.47 Å². The van der Waals surface area contributed by atoms with Crippen molar-refractivity contribution >= 4 is 12.1 Å². The van der Waals surface area contributed by atoms with Crippen LogP contribution >= 0.6 is 0 Å². The van der Waals surface area contributed by atoms with Crippen molar-refractivity contribution in [2.75, 3.05) is 26.7 Å².